The van der Waals surface area contributed by atoms with Crippen molar-refractivity contribution < 1.29 is 24.5 Å². The van der Waals surface area contributed by atoms with Crippen LogP contribution in [0.4, 0.5) is 0 Å². The van der Waals surface area contributed by atoms with Gasteiger partial charge in [0.05, 0.1) is 17.0 Å². The fraction of sp³-hybridized carbons (Fsp3) is 0.368. The third-order valence-electron chi connectivity index (χ3n) is 4.95. The van der Waals surface area contributed by atoms with Crippen LogP contribution in [0.1, 0.15) is 25.3 Å². The molecule has 3 rings (SSSR count). The second kappa shape index (κ2) is 6.67. The minimum atomic E-state index is -1.18. The summed E-state index contributed by atoms with van der Waals surface area (Å²) in [6.07, 6.45) is 6.86. The standard InChI is InChI=1S/C19H19BrO5/c1-19(13(17(21)22)3-2-4-14(19)18(23)24)12-7-8-16(15(20)9-12)25-10-11-5-6-11/h2-4,7-9,11,13H,5-6,10H2,1H3,(H,21,22)(H,23,24). The number of hydrogen-bond acceptors (Lipinski definition) is 3. The monoisotopic (exact) mass is 406 g/mol. The lowest BCUT2D eigenvalue weighted by molar-refractivity contribution is -0.142. The van der Waals surface area contributed by atoms with Crippen molar-refractivity contribution in [3.05, 3.63) is 52.0 Å². The van der Waals surface area contributed by atoms with E-state index in [1.165, 1.54) is 31.1 Å². The Hall–Kier alpha value is -2.08. The zero-order valence-electron chi connectivity index (χ0n) is 13.7. The second-order valence-electron chi connectivity index (χ2n) is 6.69. The molecule has 5 nitrogen and oxygen atoms in total. The molecule has 0 saturated heterocycles. The number of aliphatic carboxylic acids is 2. The summed E-state index contributed by atoms with van der Waals surface area (Å²) in [5.74, 6) is -1.85. The highest BCUT2D eigenvalue weighted by atomic mass is 79.9. The summed E-state index contributed by atoms with van der Waals surface area (Å²) in [5, 5.41) is 19.2. The van der Waals surface area contributed by atoms with E-state index in [1.54, 1.807) is 25.1 Å². The van der Waals surface area contributed by atoms with E-state index < -0.39 is 23.3 Å². The minimum absolute atomic E-state index is 0.0564. The van der Waals surface area contributed by atoms with Crippen molar-refractivity contribution in [1.82, 2.24) is 0 Å². The number of carboxylic acid groups (broad SMARTS) is 2. The number of rotatable bonds is 6. The van der Waals surface area contributed by atoms with Gasteiger partial charge in [0.2, 0.25) is 0 Å². The van der Waals surface area contributed by atoms with Crippen molar-refractivity contribution in [1.29, 1.82) is 0 Å². The predicted molar refractivity (Wildman–Crippen MR) is 95.7 cm³/mol. The molecule has 0 bridgehead atoms. The Morgan fingerprint density at radius 1 is 1.32 bits per heavy atom. The number of carbonyl (C=O) groups is 2. The molecule has 1 saturated carbocycles. The highest BCUT2D eigenvalue weighted by Gasteiger charge is 2.46. The first-order valence-corrected chi connectivity index (χ1v) is 8.91. The minimum Gasteiger partial charge on any atom is -0.492 e. The van der Waals surface area contributed by atoms with Crippen LogP contribution in [0.2, 0.25) is 0 Å². The average Bonchev–Trinajstić information content (AvgIpc) is 3.37. The summed E-state index contributed by atoms with van der Waals surface area (Å²) in [4.78, 5) is 23.5. The number of benzene rings is 1. The van der Waals surface area contributed by atoms with Crippen LogP contribution in [-0.4, -0.2) is 28.8 Å². The van der Waals surface area contributed by atoms with Gasteiger partial charge in [-0.2, -0.15) is 0 Å². The van der Waals surface area contributed by atoms with Gasteiger partial charge in [-0.05, 0) is 59.3 Å². The Labute approximate surface area is 154 Å². The van der Waals surface area contributed by atoms with E-state index in [0.717, 1.165) is 0 Å². The molecule has 0 amide bonds. The molecular formula is C19H19BrO5. The molecular weight excluding hydrogens is 388 g/mol. The van der Waals surface area contributed by atoms with Gasteiger partial charge in [0.25, 0.3) is 0 Å². The molecule has 2 atom stereocenters. The van der Waals surface area contributed by atoms with Gasteiger partial charge >= 0.3 is 11.9 Å². The van der Waals surface area contributed by atoms with Crippen LogP contribution in [0.3, 0.4) is 0 Å². The normalized spacial score (nSPS) is 25.4. The molecule has 132 valence electrons. The van der Waals surface area contributed by atoms with Crippen molar-refractivity contribution in [2.75, 3.05) is 6.61 Å². The summed E-state index contributed by atoms with van der Waals surface area (Å²) in [6.45, 7) is 2.32. The summed E-state index contributed by atoms with van der Waals surface area (Å²) in [6, 6.07) is 5.27. The van der Waals surface area contributed by atoms with Crippen molar-refractivity contribution in [3.8, 4) is 5.75 Å². The molecule has 2 aliphatic carbocycles. The van der Waals surface area contributed by atoms with Crippen LogP contribution >= 0.6 is 15.9 Å². The van der Waals surface area contributed by atoms with Gasteiger partial charge in [-0.25, -0.2) is 4.79 Å². The van der Waals surface area contributed by atoms with E-state index in [4.69, 9.17) is 4.74 Å². The summed E-state index contributed by atoms with van der Waals surface area (Å²) < 4.78 is 6.47. The zero-order valence-corrected chi connectivity index (χ0v) is 15.3. The van der Waals surface area contributed by atoms with E-state index in [1.807, 2.05) is 0 Å². The third-order valence-corrected chi connectivity index (χ3v) is 5.57. The van der Waals surface area contributed by atoms with Gasteiger partial charge in [0.1, 0.15) is 5.75 Å². The van der Waals surface area contributed by atoms with E-state index in [-0.39, 0.29) is 5.57 Å². The van der Waals surface area contributed by atoms with Crippen LogP contribution < -0.4 is 4.74 Å². The first-order chi connectivity index (χ1) is 11.8. The maximum Gasteiger partial charge on any atom is 0.332 e. The molecule has 0 aromatic heterocycles. The predicted octanol–water partition coefficient (Wildman–Crippen LogP) is 3.78. The van der Waals surface area contributed by atoms with Gasteiger partial charge in [0.15, 0.2) is 0 Å². The molecule has 25 heavy (non-hydrogen) atoms. The highest BCUT2D eigenvalue weighted by Crippen LogP contribution is 2.44. The summed E-state index contributed by atoms with van der Waals surface area (Å²) in [5.41, 5.74) is -0.506. The molecule has 0 radical (unpaired) electrons. The number of hydrogen-bond donors (Lipinski definition) is 2. The molecule has 2 aliphatic rings. The van der Waals surface area contributed by atoms with Crippen molar-refractivity contribution in [2.24, 2.45) is 11.8 Å². The van der Waals surface area contributed by atoms with Crippen LogP contribution in [0.5, 0.6) is 5.75 Å². The quantitative estimate of drug-likeness (QED) is 0.750. The van der Waals surface area contributed by atoms with Gasteiger partial charge in [-0.3, -0.25) is 4.79 Å². The molecule has 2 N–H and O–H groups in total. The molecule has 1 aromatic carbocycles. The highest BCUT2D eigenvalue weighted by molar-refractivity contribution is 9.10. The number of halogens is 1. The summed E-state index contributed by atoms with van der Waals surface area (Å²) >= 11 is 3.47. The fourth-order valence-electron chi connectivity index (χ4n) is 3.19. The van der Waals surface area contributed by atoms with Crippen molar-refractivity contribution >= 4 is 27.9 Å². The molecule has 0 spiro atoms. The SMILES string of the molecule is CC1(c2ccc(OCC3CC3)c(Br)c2)C(C(=O)O)=CC=CC1C(=O)O. The lowest BCUT2D eigenvalue weighted by Crippen LogP contribution is -2.41. The van der Waals surface area contributed by atoms with Gasteiger partial charge < -0.3 is 14.9 Å². The van der Waals surface area contributed by atoms with Crippen molar-refractivity contribution in [2.45, 2.75) is 25.2 Å². The number of ether oxygens (including phenoxy) is 1. The van der Waals surface area contributed by atoms with Crippen LogP contribution in [-0.2, 0) is 15.0 Å². The lowest BCUT2D eigenvalue weighted by atomic mass is 9.64. The largest absolute Gasteiger partial charge is 0.492 e. The molecule has 1 fully saturated rings. The maximum atomic E-state index is 11.7. The average molecular weight is 407 g/mol. The first kappa shape index (κ1) is 17.7. The lowest BCUT2D eigenvalue weighted by Gasteiger charge is -2.37. The number of carboxylic acids is 2. The molecule has 1 aromatic rings. The molecule has 0 heterocycles. The molecule has 0 aliphatic heterocycles. The van der Waals surface area contributed by atoms with Crippen LogP contribution in [0.15, 0.2) is 46.5 Å². The van der Waals surface area contributed by atoms with E-state index in [0.29, 0.717) is 28.3 Å². The van der Waals surface area contributed by atoms with E-state index >= 15 is 0 Å². The van der Waals surface area contributed by atoms with E-state index in [2.05, 4.69) is 15.9 Å². The molecule has 6 heteroatoms. The molecule has 2 unspecified atom stereocenters. The maximum absolute atomic E-state index is 11.7. The topological polar surface area (TPSA) is 83.8 Å². The fourth-order valence-corrected chi connectivity index (χ4v) is 3.68. The van der Waals surface area contributed by atoms with Gasteiger partial charge in [-0.15, -0.1) is 0 Å². The number of allylic oxidation sites excluding steroid dienone is 2. The zero-order chi connectivity index (χ0) is 18.2. The first-order valence-electron chi connectivity index (χ1n) is 8.12. The van der Waals surface area contributed by atoms with Crippen LogP contribution in [0, 0.1) is 11.8 Å². The Kier molecular flexibility index (Phi) is 4.73. The van der Waals surface area contributed by atoms with Gasteiger partial charge in [-0.1, -0.05) is 24.3 Å². The van der Waals surface area contributed by atoms with E-state index in [9.17, 15) is 19.8 Å². The smallest absolute Gasteiger partial charge is 0.332 e. The van der Waals surface area contributed by atoms with Crippen LogP contribution in [0.25, 0.3) is 0 Å². The Balaban J connectivity index is 1.99. The Bertz CT molecular complexity index is 778. The second-order valence-corrected chi connectivity index (χ2v) is 7.54. The van der Waals surface area contributed by atoms with Gasteiger partial charge in [0, 0.05) is 11.0 Å². The van der Waals surface area contributed by atoms with Crippen molar-refractivity contribution in [3.63, 3.8) is 0 Å². The summed E-state index contributed by atoms with van der Waals surface area (Å²) in [7, 11) is 0. The third kappa shape index (κ3) is 3.35. The Morgan fingerprint density at radius 2 is 2.04 bits per heavy atom. The Morgan fingerprint density at radius 3 is 2.60 bits per heavy atom.